The van der Waals surface area contributed by atoms with Crippen LogP contribution in [0.5, 0.6) is 0 Å². The molecule has 166 valence electrons. The number of hydrogen-bond acceptors (Lipinski definition) is 2. The lowest BCUT2D eigenvalue weighted by atomic mass is 10.1. The van der Waals surface area contributed by atoms with Crippen LogP contribution in [-0.2, 0) is 19.6 Å². The highest BCUT2D eigenvalue weighted by Gasteiger charge is 2.16. The molecule has 0 spiro atoms. The second kappa shape index (κ2) is 9.32. The summed E-state index contributed by atoms with van der Waals surface area (Å²) in [6.45, 7) is 1.94. The van der Waals surface area contributed by atoms with E-state index in [9.17, 15) is 10.1 Å². The molecule has 1 amide bonds. The lowest BCUT2D eigenvalue weighted by Crippen LogP contribution is -2.33. The van der Waals surface area contributed by atoms with Crippen molar-refractivity contribution in [1.29, 1.82) is 5.26 Å². The minimum absolute atomic E-state index is 0.113. The average molecular weight is 438 g/mol. The Balaban J connectivity index is 1.54. The van der Waals surface area contributed by atoms with Crippen molar-refractivity contribution < 1.29 is 9.28 Å². The zero-order valence-corrected chi connectivity index (χ0v) is 19.4. The van der Waals surface area contributed by atoms with Crippen molar-refractivity contribution in [2.75, 3.05) is 21.1 Å². The predicted molar refractivity (Wildman–Crippen MR) is 132 cm³/mol. The van der Waals surface area contributed by atoms with Crippen molar-refractivity contribution in [3.63, 3.8) is 0 Å². The van der Waals surface area contributed by atoms with Gasteiger partial charge < -0.3 is 14.4 Å². The first-order chi connectivity index (χ1) is 15.8. The lowest BCUT2D eigenvalue weighted by molar-refractivity contribution is -0.884. The van der Waals surface area contributed by atoms with Gasteiger partial charge in [-0.15, -0.1) is 0 Å². The number of benzene rings is 3. The highest BCUT2D eigenvalue weighted by atomic mass is 16.1. The Morgan fingerprint density at radius 1 is 0.909 bits per heavy atom. The van der Waals surface area contributed by atoms with Crippen LogP contribution in [0.15, 0.2) is 78.9 Å². The molecule has 0 aliphatic rings. The molecular formula is C28H29N4O+. The van der Waals surface area contributed by atoms with Gasteiger partial charge in [-0.1, -0.05) is 54.6 Å². The maximum absolute atomic E-state index is 13.2. The predicted octanol–water partition coefficient (Wildman–Crippen LogP) is 4.70. The van der Waals surface area contributed by atoms with E-state index in [0.29, 0.717) is 24.3 Å². The van der Waals surface area contributed by atoms with Gasteiger partial charge in [-0.2, -0.15) is 5.26 Å². The first-order valence-electron chi connectivity index (χ1n) is 11.1. The molecule has 0 atom stereocenters. The van der Waals surface area contributed by atoms with E-state index >= 15 is 0 Å². The van der Waals surface area contributed by atoms with Gasteiger partial charge in [-0.05, 0) is 35.4 Å². The van der Waals surface area contributed by atoms with Crippen LogP contribution in [0.1, 0.15) is 32.7 Å². The van der Waals surface area contributed by atoms with E-state index in [2.05, 4.69) is 56.8 Å². The molecule has 5 heteroatoms. The standard InChI is InChI=1S/C28H28N4O/c1-32(2,3)20-22-13-11-21(12-14-22)18-30-28(33)27-16-25-9-4-5-10-26(25)31(27)19-24-8-6-7-23(15-24)17-29/h4-16H,18-20H2,1-3H3/p+1. The molecule has 3 aromatic carbocycles. The van der Waals surface area contributed by atoms with Gasteiger partial charge in [0.15, 0.2) is 0 Å². The van der Waals surface area contributed by atoms with Crippen LogP contribution in [0.2, 0.25) is 0 Å². The number of amides is 1. The number of fused-ring (bicyclic) bond motifs is 1. The molecule has 33 heavy (non-hydrogen) atoms. The molecule has 5 nitrogen and oxygen atoms in total. The van der Waals surface area contributed by atoms with E-state index in [4.69, 9.17) is 0 Å². The maximum atomic E-state index is 13.2. The van der Waals surface area contributed by atoms with E-state index in [1.54, 1.807) is 6.07 Å². The van der Waals surface area contributed by atoms with Gasteiger partial charge in [0, 0.05) is 29.6 Å². The summed E-state index contributed by atoms with van der Waals surface area (Å²) in [5, 5.41) is 13.3. The maximum Gasteiger partial charge on any atom is 0.268 e. The second-order valence-corrected chi connectivity index (χ2v) is 9.43. The molecule has 0 aliphatic carbocycles. The number of rotatable bonds is 7. The molecule has 0 saturated carbocycles. The van der Waals surface area contributed by atoms with Crippen molar-refractivity contribution in [2.45, 2.75) is 19.6 Å². The molecule has 0 unspecified atom stereocenters. The van der Waals surface area contributed by atoms with Crippen molar-refractivity contribution in [3.8, 4) is 6.07 Å². The van der Waals surface area contributed by atoms with Crippen LogP contribution >= 0.6 is 0 Å². The summed E-state index contributed by atoms with van der Waals surface area (Å²) in [6.07, 6.45) is 0. The van der Waals surface area contributed by atoms with E-state index < -0.39 is 0 Å². The summed E-state index contributed by atoms with van der Waals surface area (Å²) in [4.78, 5) is 13.2. The minimum atomic E-state index is -0.113. The third-order valence-corrected chi connectivity index (χ3v) is 5.57. The normalized spacial score (nSPS) is 11.3. The fourth-order valence-corrected chi connectivity index (χ4v) is 4.07. The molecule has 4 aromatic rings. The van der Waals surface area contributed by atoms with E-state index in [0.717, 1.165) is 33.1 Å². The molecular weight excluding hydrogens is 408 g/mol. The Kier molecular flexibility index (Phi) is 6.30. The number of hydrogen-bond donors (Lipinski definition) is 1. The number of carbonyl (C=O) groups is 1. The highest BCUT2D eigenvalue weighted by molar-refractivity contribution is 5.98. The Morgan fingerprint density at radius 3 is 2.36 bits per heavy atom. The largest absolute Gasteiger partial charge is 0.347 e. The minimum Gasteiger partial charge on any atom is -0.347 e. The summed E-state index contributed by atoms with van der Waals surface area (Å²) in [5.74, 6) is -0.113. The van der Waals surface area contributed by atoms with Crippen LogP contribution in [0.4, 0.5) is 0 Å². The van der Waals surface area contributed by atoms with E-state index in [1.807, 2.05) is 53.1 Å². The van der Waals surface area contributed by atoms with Crippen LogP contribution in [-0.4, -0.2) is 36.1 Å². The molecule has 0 radical (unpaired) electrons. The Morgan fingerprint density at radius 2 is 1.64 bits per heavy atom. The summed E-state index contributed by atoms with van der Waals surface area (Å²) >= 11 is 0. The lowest BCUT2D eigenvalue weighted by Gasteiger charge is -2.23. The number of carbonyl (C=O) groups excluding carboxylic acids is 1. The summed E-state index contributed by atoms with van der Waals surface area (Å²) in [6, 6.07) is 28.0. The highest BCUT2D eigenvalue weighted by Crippen LogP contribution is 2.22. The number of quaternary nitrogens is 1. The van der Waals surface area contributed by atoms with Gasteiger partial charge in [0.1, 0.15) is 12.2 Å². The van der Waals surface area contributed by atoms with Gasteiger partial charge in [0.25, 0.3) is 5.91 Å². The fraction of sp³-hybridized carbons (Fsp3) is 0.214. The monoisotopic (exact) mass is 437 g/mol. The zero-order chi connectivity index (χ0) is 23.4. The third-order valence-electron chi connectivity index (χ3n) is 5.57. The second-order valence-electron chi connectivity index (χ2n) is 9.43. The first kappa shape index (κ1) is 22.3. The van der Waals surface area contributed by atoms with Gasteiger partial charge in [-0.25, -0.2) is 0 Å². The Labute approximate surface area is 195 Å². The molecule has 1 N–H and O–H groups in total. The van der Waals surface area contributed by atoms with Crippen molar-refractivity contribution in [2.24, 2.45) is 0 Å². The molecule has 0 saturated heterocycles. The molecule has 0 fully saturated rings. The molecule has 0 bridgehead atoms. The number of nitrogens with one attached hydrogen (secondary N) is 1. The summed E-state index contributed by atoms with van der Waals surface area (Å²) in [5.41, 5.74) is 5.55. The van der Waals surface area contributed by atoms with Crippen LogP contribution in [0.25, 0.3) is 10.9 Å². The van der Waals surface area contributed by atoms with E-state index in [-0.39, 0.29) is 5.91 Å². The summed E-state index contributed by atoms with van der Waals surface area (Å²) < 4.78 is 2.89. The van der Waals surface area contributed by atoms with Crippen LogP contribution < -0.4 is 5.32 Å². The van der Waals surface area contributed by atoms with Gasteiger partial charge in [0.05, 0.1) is 32.8 Å². The SMILES string of the molecule is C[N+](C)(C)Cc1ccc(CNC(=O)c2cc3ccccc3n2Cc2cccc(C#N)c2)cc1. The quantitative estimate of drug-likeness (QED) is 0.426. The summed E-state index contributed by atoms with van der Waals surface area (Å²) in [7, 11) is 6.51. The van der Waals surface area contributed by atoms with Crippen molar-refractivity contribution in [1.82, 2.24) is 9.88 Å². The van der Waals surface area contributed by atoms with Crippen LogP contribution in [0.3, 0.4) is 0 Å². The van der Waals surface area contributed by atoms with E-state index in [1.165, 1.54) is 5.56 Å². The average Bonchev–Trinajstić information content (AvgIpc) is 3.16. The number of para-hydroxylation sites is 1. The molecule has 0 aliphatic heterocycles. The number of nitriles is 1. The van der Waals surface area contributed by atoms with Crippen molar-refractivity contribution >= 4 is 16.8 Å². The van der Waals surface area contributed by atoms with Gasteiger partial charge in [0.2, 0.25) is 0 Å². The zero-order valence-electron chi connectivity index (χ0n) is 19.4. The smallest absolute Gasteiger partial charge is 0.268 e. The van der Waals surface area contributed by atoms with Crippen molar-refractivity contribution in [3.05, 3.63) is 107 Å². The van der Waals surface area contributed by atoms with Crippen LogP contribution in [0, 0.1) is 11.3 Å². The molecule has 1 aromatic heterocycles. The first-order valence-corrected chi connectivity index (χ1v) is 11.1. The van der Waals surface area contributed by atoms with Gasteiger partial charge >= 0.3 is 0 Å². The third kappa shape index (κ3) is 5.49. The molecule has 1 heterocycles. The number of nitrogens with zero attached hydrogens (tertiary/aromatic N) is 3. The molecule has 4 rings (SSSR count). The fourth-order valence-electron chi connectivity index (χ4n) is 4.07. The Hall–Kier alpha value is -3.88. The number of aromatic nitrogens is 1. The Bertz CT molecular complexity index is 1320. The topological polar surface area (TPSA) is 57.8 Å². The van der Waals surface area contributed by atoms with Gasteiger partial charge in [-0.3, -0.25) is 4.79 Å².